The highest BCUT2D eigenvalue weighted by Gasteiger charge is 2.33. The van der Waals surface area contributed by atoms with Crippen molar-refractivity contribution in [3.63, 3.8) is 0 Å². The summed E-state index contributed by atoms with van der Waals surface area (Å²) in [6.07, 6.45) is 1.88. The van der Waals surface area contributed by atoms with Crippen molar-refractivity contribution in [3.8, 4) is 5.75 Å². The molecule has 0 bridgehead atoms. The first kappa shape index (κ1) is 18.0. The number of hydrogen-bond donors (Lipinski definition) is 0. The largest absolute Gasteiger partial charge is 0.496 e. The zero-order chi connectivity index (χ0) is 19.0. The van der Waals surface area contributed by atoms with E-state index in [9.17, 15) is 4.79 Å². The number of rotatable bonds is 3. The molecule has 0 aromatic heterocycles. The minimum absolute atomic E-state index is 0.146. The number of hydrogen-bond acceptors (Lipinski definition) is 4. The first-order chi connectivity index (χ1) is 13.1. The summed E-state index contributed by atoms with van der Waals surface area (Å²) >= 11 is 12.8. The molecule has 134 valence electrons. The standard InChI is InChI=1S/C21H14ClNO2S2/c1-25-18-10-9-13(16-7-2-3-8-17(16)18)11-19-20(24)23(21(26)27-19)15-6-4-5-14(22)12-15/h2-12H,1H3/b19-11-. The molecule has 0 radical (unpaired) electrons. The Hall–Kier alpha value is -2.34. The molecule has 0 N–H and O–H groups in total. The SMILES string of the molecule is COc1ccc(/C=C2\SC(=S)N(c3cccc(Cl)c3)C2=O)c2ccccc12. The van der Waals surface area contributed by atoms with Crippen LogP contribution in [0.25, 0.3) is 16.8 Å². The van der Waals surface area contributed by atoms with Gasteiger partial charge in [0.2, 0.25) is 0 Å². The molecule has 1 aliphatic heterocycles. The first-order valence-corrected chi connectivity index (χ1v) is 9.78. The number of amides is 1. The number of benzene rings is 3. The van der Waals surface area contributed by atoms with E-state index in [4.69, 9.17) is 28.6 Å². The highest BCUT2D eigenvalue weighted by molar-refractivity contribution is 8.27. The van der Waals surface area contributed by atoms with Gasteiger partial charge in [0, 0.05) is 10.4 Å². The number of thiocarbonyl (C=S) groups is 1. The van der Waals surface area contributed by atoms with Gasteiger partial charge in [0.1, 0.15) is 5.75 Å². The van der Waals surface area contributed by atoms with E-state index in [-0.39, 0.29) is 5.91 Å². The Morgan fingerprint density at radius 3 is 2.59 bits per heavy atom. The molecule has 0 aliphatic carbocycles. The van der Waals surface area contributed by atoms with Crippen LogP contribution in [0.5, 0.6) is 5.75 Å². The lowest BCUT2D eigenvalue weighted by molar-refractivity contribution is -0.113. The van der Waals surface area contributed by atoms with Crippen molar-refractivity contribution >= 4 is 68.3 Å². The van der Waals surface area contributed by atoms with E-state index < -0.39 is 0 Å². The average Bonchev–Trinajstić information content (AvgIpc) is 2.95. The zero-order valence-electron chi connectivity index (χ0n) is 14.3. The van der Waals surface area contributed by atoms with Gasteiger partial charge in [-0.2, -0.15) is 0 Å². The smallest absolute Gasteiger partial charge is 0.270 e. The highest BCUT2D eigenvalue weighted by atomic mass is 35.5. The van der Waals surface area contributed by atoms with E-state index in [1.54, 1.807) is 25.3 Å². The number of carbonyl (C=O) groups excluding carboxylic acids is 1. The van der Waals surface area contributed by atoms with Gasteiger partial charge < -0.3 is 4.74 Å². The molecule has 1 fully saturated rings. The van der Waals surface area contributed by atoms with E-state index >= 15 is 0 Å². The normalized spacial score (nSPS) is 15.8. The molecule has 3 aromatic carbocycles. The van der Waals surface area contributed by atoms with Crippen molar-refractivity contribution in [2.75, 3.05) is 12.0 Å². The Bertz CT molecular complexity index is 1110. The molecule has 1 heterocycles. The number of thioether (sulfide) groups is 1. The summed E-state index contributed by atoms with van der Waals surface area (Å²) in [5.74, 6) is 0.654. The second kappa shape index (κ2) is 7.35. The zero-order valence-corrected chi connectivity index (χ0v) is 16.7. The van der Waals surface area contributed by atoms with Gasteiger partial charge in [0.05, 0.1) is 17.7 Å². The van der Waals surface area contributed by atoms with Crippen LogP contribution in [0.3, 0.4) is 0 Å². The van der Waals surface area contributed by atoms with Gasteiger partial charge in [-0.15, -0.1) is 0 Å². The fourth-order valence-corrected chi connectivity index (χ4v) is 4.52. The molecular formula is C21H14ClNO2S2. The molecule has 0 spiro atoms. The topological polar surface area (TPSA) is 29.5 Å². The van der Waals surface area contributed by atoms with Gasteiger partial charge in [0.15, 0.2) is 4.32 Å². The van der Waals surface area contributed by atoms with Crippen molar-refractivity contribution in [1.82, 2.24) is 0 Å². The quantitative estimate of drug-likeness (QED) is 0.396. The first-order valence-electron chi connectivity index (χ1n) is 8.18. The maximum atomic E-state index is 13.0. The van der Waals surface area contributed by atoms with Crippen molar-refractivity contribution < 1.29 is 9.53 Å². The van der Waals surface area contributed by atoms with Gasteiger partial charge in [-0.1, -0.05) is 72.0 Å². The Labute approximate surface area is 171 Å². The predicted molar refractivity (Wildman–Crippen MR) is 118 cm³/mol. The molecule has 0 unspecified atom stereocenters. The Balaban J connectivity index is 1.77. The number of ether oxygens (including phenoxy) is 1. The van der Waals surface area contributed by atoms with Crippen LogP contribution in [-0.2, 0) is 4.79 Å². The van der Waals surface area contributed by atoms with Crippen LogP contribution < -0.4 is 9.64 Å². The summed E-state index contributed by atoms with van der Waals surface area (Å²) in [5.41, 5.74) is 1.62. The second-order valence-corrected chi connectivity index (χ2v) is 8.01. The predicted octanol–water partition coefficient (Wildman–Crippen LogP) is 5.91. The molecular weight excluding hydrogens is 398 g/mol. The molecule has 1 saturated heterocycles. The lowest BCUT2D eigenvalue weighted by atomic mass is 10.0. The van der Waals surface area contributed by atoms with Crippen LogP contribution in [0.4, 0.5) is 5.69 Å². The lowest BCUT2D eigenvalue weighted by Gasteiger charge is -2.14. The fourth-order valence-electron chi connectivity index (χ4n) is 3.05. The molecule has 4 rings (SSSR count). The van der Waals surface area contributed by atoms with Crippen molar-refractivity contribution in [2.24, 2.45) is 0 Å². The third-order valence-electron chi connectivity index (χ3n) is 4.28. The van der Waals surface area contributed by atoms with Crippen LogP contribution in [-0.4, -0.2) is 17.3 Å². The summed E-state index contributed by atoms with van der Waals surface area (Å²) in [6, 6.07) is 18.9. The molecule has 1 amide bonds. The lowest BCUT2D eigenvalue weighted by Crippen LogP contribution is -2.27. The number of nitrogens with zero attached hydrogens (tertiary/aromatic N) is 1. The van der Waals surface area contributed by atoms with Crippen LogP contribution in [0, 0.1) is 0 Å². The molecule has 3 nitrogen and oxygen atoms in total. The molecule has 0 saturated carbocycles. The second-order valence-electron chi connectivity index (χ2n) is 5.90. The monoisotopic (exact) mass is 411 g/mol. The van der Waals surface area contributed by atoms with Crippen molar-refractivity contribution in [1.29, 1.82) is 0 Å². The summed E-state index contributed by atoms with van der Waals surface area (Å²) < 4.78 is 5.93. The van der Waals surface area contributed by atoms with Gasteiger partial charge in [0.25, 0.3) is 5.91 Å². The van der Waals surface area contributed by atoms with Crippen LogP contribution in [0.15, 0.2) is 65.6 Å². The van der Waals surface area contributed by atoms with E-state index in [1.165, 1.54) is 16.7 Å². The summed E-state index contributed by atoms with van der Waals surface area (Å²) in [4.78, 5) is 15.1. The Morgan fingerprint density at radius 2 is 1.85 bits per heavy atom. The molecule has 6 heteroatoms. The highest BCUT2D eigenvalue weighted by Crippen LogP contribution is 2.38. The minimum atomic E-state index is -0.146. The van der Waals surface area contributed by atoms with Gasteiger partial charge in [-0.3, -0.25) is 9.69 Å². The van der Waals surface area contributed by atoms with Gasteiger partial charge >= 0.3 is 0 Å². The number of fused-ring (bicyclic) bond motifs is 1. The summed E-state index contributed by atoms with van der Waals surface area (Å²) in [7, 11) is 1.65. The van der Waals surface area contributed by atoms with Crippen molar-refractivity contribution in [3.05, 3.63) is 76.2 Å². The van der Waals surface area contributed by atoms with E-state index in [1.807, 2.05) is 48.5 Å². The number of carbonyl (C=O) groups is 1. The third kappa shape index (κ3) is 3.34. The molecule has 1 aliphatic rings. The van der Waals surface area contributed by atoms with E-state index in [2.05, 4.69) is 0 Å². The van der Waals surface area contributed by atoms with Crippen LogP contribution >= 0.6 is 35.6 Å². The van der Waals surface area contributed by atoms with E-state index in [0.29, 0.717) is 19.9 Å². The summed E-state index contributed by atoms with van der Waals surface area (Å²) in [5, 5.41) is 2.58. The Kier molecular flexibility index (Phi) is 4.91. The molecule has 27 heavy (non-hydrogen) atoms. The van der Waals surface area contributed by atoms with Gasteiger partial charge in [-0.05, 0) is 41.3 Å². The maximum Gasteiger partial charge on any atom is 0.270 e. The average molecular weight is 412 g/mol. The van der Waals surface area contributed by atoms with E-state index in [0.717, 1.165) is 22.1 Å². The molecule has 0 atom stereocenters. The summed E-state index contributed by atoms with van der Waals surface area (Å²) in [6.45, 7) is 0. The fraction of sp³-hybridized carbons (Fsp3) is 0.0476. The van der Waals surface area contributed by atoms with Crippen LogP contribution in [0.1, 0.15) is 5.56 Å². The molecule has 3 aromatic rings. The number of anilines is 1. The van der Waals surface area contributed by atoms with Crippen molar-refractivity contribution in [2.45, 2.75) is 0 Å². The van der Waals surface area contributed by atoms with Gasteiger partial charge in [-0.25, -0.2) is 0 Å². The number of methoxy groups -OCH3 is 1. The third-order valence-corrected chi connectivity index (χ3v) is 5.82. The maximum absolute atomic E-state index is 13.0. The minimum Gasteiger partial charge on any atom is -0.496 e. The number of halogens is 1. The Morgan fingerprint density at radius 1 is 1.07 bits per heavy atom. The van der Waals surface area contributed by atoms with Crippen LogP contribution in [0.2, 0.25) is 5.02 Å².